The fraction of sp³-hybridized carbons (Fsp3) is 0.600. The molecule has 4 unspecified atom stereocenters. The second-order valence-electron chi connectivity index (χ2n) is 6.31. The van der Waals surface area contributed by atoms with Crippen molar-refractivity contribution in [1.29, 1.82) is 0 Å². The fourth-order valence-corrected chi connectivity index (χ4v) is 4.22. The van der Waals surface area contributed by atoms with Crippen molar-refractivity contribution < 1.29 is 9.31 Å². The largest absolute Gasteiger partial charge is 0.377 e. The first-order valence-corrected chi connectivity index (χ1v) is 7.73. The Bertz CT molecular complexity index is 581. The number of rotatable bonds is 4. The van der Waals surface area contributed by atoms with Gasteiger partial charge in [0.05, 0.1) is 9.95 Å². The molecular weight excluding hydrogens is 295 g/mol. The predicted octanol–water partition coefficient (Wildman–Crippen LogP) is 4.62. The summed E-state index contributed by atoms with van der Waals surface area (Å²) in [6, 6.07) is 2.30. The summed E-state index contributed by atoms with van der Waals surface area (Å²) in [6.45, 7) is 2.03. The summed E-state index contributed by atoms with van der Waals surface area (Å²) in [7, 11) is 0. The Morgan fingerprint density at radius 2 is 2.19 bits per heavy atom. The van der Waals surface area contributed by atoms with Gasteiger partial charge < -0.3 is 5.32 Å². The highest BCUT2D eigenvalue weighted by Gasteiger charge is 2.42. The number of fused-ring (bicyclic) bond motifs is 2. The standard InChI is InChI=1S/C15H18ClFN2O2/c1-8(11-5-9-2-3-10(11)4-9)18-14-7-13(17)12(16)6-15(14)19(20)21/h6-11,18H,2-5H2,1H3. The molecule has 2 aliphatic rings. The zero-order valence-corrected chi connectivity index (χ0v) is 12.6. The SMILES string of the molecule is CC(Nc1cc(F)c(Cl)cc1[N+](=O)[O-])C1CC2CCC1C2. The molecule has 2 bridgehead atoms. The van der Waals surface area contributed by atoms with Gasteiger partial charge >= 0.3 is 0 Å². The Morgan fingerprint density at radius 1 is 1.43 bits per heavy atom. The van der Waals surface area contributed by atoms with Crippen molar-refractivity contribution in [2.75, 3.05) is 5.32 Å². The molecular formula is C15H18ClFN2O2. The fourth-order valence-electron chi connectivity index (χ4n) is 4.06. The molecule has 0 heterocycles. The van der Waals surface area contributed by atoms with Crippen LogP contribution < -0.4 is 5.32 Å². The monoisotopic (exact) mass is 312 g/mol. The molecule has 2 aliphatic carbocycles. The van der Waals surface area contributed by atoms with E-state index < -0.39 is 10.7 Å². The molecule has 0 spiro atoms. The smallest absolute Gasteiger partial charge is 0.294 e. The molecule has 1 aromatic rings. The van der Waals surface area contributed by atoms with Gasteiger partial charge in [-0.15, -0.1) is 0 Å². The summed E-state index contributed by atoms with van der Waals surface area (Å²) in [4.78, 5) is 10.6. The van der Waals surface area contributed by atoms with E-state index in [2.05, 4.69) is 5.32 Å². The second kappa shape index (κ2) is 5.44. The summed E-state index contributed by atoms with van der Waals surface area (Å²) >= 11 is 5.64. The van der Waals surface area contributed by atoms with E-state index in [0.717, 1.165) is 18.1 Å². The lowest BCUT2D eigenvalue weighted by atomic mass is 9.84. The van der Waals surface area contributed by atoms with Crippen molar-refractivity contribution in [1.82, 2.24) is 0 Å². The van der Waals surface area contributed by atoms with E-state index in [1.165, 1.54) is 25.7 Å². The third-order valence-corrected chi connectivity index (χ3v) is 5.34. The predicted molar refractivity (Wildman–Crippen MR) is 80.1 cm³/mol. The van der Waals surface area contributed by atoms with Crippen LogP contribution in [0.15, 0.2) is 12.1 Å². The van der Waals surface area contributed by atoms with Gasteiger partial charge in [0, 0.05) is 18.2 Å². The first kappa shape index (κ1) is 14.6. The number of hydrogen-bond donors (Lipinski definition) is 1. The molecule has 0 saturated heterocycles. The molecule has 2 fully saturated rings. The van der Waals surface area contributed by atoms with Crippen molar-refractivity contribution in [2.45, 2.75) is 38.6 Å². The molecule has 21 heavy (non-hydrogen) atoms. The lowest BCUT2D eigenvalue weighted by molar-refractivity contribution is -0.384. The number of nitro groups is 1. The Balaban J connectivity index is 1.80. The molecule has 114 valence electrons. The average Bonchev–Trinajstić information content (AvgIpc) is 3.04. The molecule has 3 rings (SSSR count). The summed E-state index contributed by atoms with van der Waals surface area (Å²) in [6.07, 6.45) is 5.00. The maximum Gasteiger partial charge on any atom is 0.294 e. The molecule has 0 aromatic heterocycles. The second-order valence-corrected chi connectivity index (χ2v) is 6.72. The lowest BCUT2D eigenvalue weighted by Crippen LogP contribution is -2.30. The minimum Gasteiger partial charge on any atom is -0.377 e. The van der Waals surface area contributed by atoms with Crippen LogP contribution in [0, 0.1) is 33.7 Å². The summed E-state index contributed by atoms with van der Waals surface area (Å²) in [5.74, 6) is 1.39. The molecule has 0 amide bonds. The van der Waals surface area contributed by atoms with E-state index in [9.17, 15) is 14.5 Å². The van der Waals surface area contributed by atoms with E-state index in [0.29, 0.717) is 11.8 Å². The van der Waals surface area contributed by atoms with Gasteiger partial charge in [-0.05, 0) is 43.9 Å². The number of hydrogen-bond acceptors (Lipinski definition) is 3. The van der Waals surface area contributed by atoms with E-state index >= 15 is 0 Å². The van der Waals surface area contributed by atoms with Crippen molar-refractivity contribution >= 4 is 23.0 Å². The normalized spacial score (nSPS) is 28.6. The average molecular weight is 313 g/mol. The molecule has 6 heteroatoms. The van der Waals surface area contributed by atoms with Crippen LogP contribution in [0.1, 0.15) is 32.6 Å². The highest BCUT2D eigenvalue weighted by atomic mass is 35.5. The summed E-state index contributed by atoms with van der Waals surface area (Å²) in [5.41, 5.74) is 0.0496. The molecule has 1 N–H and O–H groups in total. The Kier molecular flexibility index (Phi) is 3.78. The van der Waals surface area contributed by atoms with Gasteiger partial charge in [-0.25, -0.2) is 4.39 Å². The maximum absolute atomic E-state index is 13.6. The summed E-state index contributed by atoms with van der Waals surface area (Å²) in [5, 5.41) is 14.0. The molecule has 2 saturated carbocycles. The number of nitro benzene ring substituents is 1. The van der Waals surface area contributed by atoms with E-state index in [-0.39, 0.29) is 22.4 Å². The van der Waals surface area contributed by atoms with Crippen LogP contribution in [0.3, 0.4) is 0 Å². The van der Waals surface area contributed by atoms with Crippen LogP contribution in [0.5, 0.6) is 0 Å². The summed E-state index contributed by atoms with van der Waals surface area (Å²) < 4.78 is 13.6. The Labute approximate surface area is 127 Å². The van der Waals surface area contributed by atoms with Gasteiger partial charge in [-0.3, -0.25) is 10.1 Å². The van der Waals surface area contributed by atoms with Gasteiger partial charge in [-0.2, -0.15) is 0 Å². The highest BCUT2D eigenvalue weighted by molar-refractivity contribution is 6.31. The van der Waals surface area contributed by atoms with Crippen molar-refractivity contribution in [3.8, 4) is 0 Å². The number of benzene rings is 1. The van der Waals surface area contributed by atoms with Gasteiger partial charge in [0.15, 0.2) is 0 Å². The number of nitrogens with one attached hydrogen (secondary N) is 1. The highest BCUT2D eigenvalue weighted by Crippen LogP contribution is 2.50. The van der Waals surface area contributed by atoms with Crippen molar-refractivity contribution in [2.24, 2.45) is 17.8 Å². The molecule has 0 aliphatic heterocycles. The van der Waals surface area contributed by atoms with Gasteiger partial charge in [0.2, 0.25) is 0 Å². The van der Waals surface area contributed by atoms with E-state index in [1.54, 1.807) is 0 Å². The maximum atomic E-state index is 13.6. The van der Waals surface area contributed by atoms with Gasteiger partial charge in [0.1, 0.15) is 11.5 Å². The number of halogens is 2. The first-order chi connectivity index (χ1) is 9.95. The van der Waals surface area contributed by atoms with E-state index in [1.807, 2.05) is 6.92 Å². The molecule has 1 aromatic carbocycles. The van der Waals surface area contributed by atoms with Crippen molar-refractivity contribution in [3.63, 3.8) is 0 Å². The topological polar surface area (TPSA) is 55.2 Å². The number of nitrogens with zero attached hydrogens (tertiary/aromatic N) is 1. The third kappa shape index (κ3) is 2.71. The van der Waals surface area contributed by atoms with Crippen LogP contribution in [0.2, 0.25) is 5.02 Å². The van der Waals surface area contributed by atoms with Crippen LogP contribution >= 0.6 is 11.6 Å². The first-order valence-electron chi connectivity index (χ1n) is 7.35. The minimum atomic E-state index is -0.634. The zero-order valence-electron chi connectivity index (χ0n) is 11.8. The minimum absolute atomic E-state index is 0.0968. The van der Waals surface area contributed by atoms with Crippen LogP contribution in [-0.2, 0) is 0 Å². The van der Waals surface area contributed by atoms with Crippen LogP contribution in [-0.4, -0.2) is 11.0 Å². The quantitative estimate of drug-likeness (QED) is 0.651. The van der Waals surface area contributed by atoms with Gasteiger partial charge in [-0.1, -0.05) is 18.0 Å². The third-order valence-electron chi connectivity index (χ3n) is 5.05. The van der Waals surface area contributed by atoms with Crippen LogP contribution in [0.25, 0.3) is 0 Å². The lowest BCUT2D eigenvalue weighted by Gasteiger charge is -2.29. The van der Waals surface area contributed by atoms with Crippen molar-refractivity contribution in [3.05, 3.63) is 33.1 Å². The molecule has 4 atom stereocenters. The Hall–Kier alpha value is -1.36. The van der Waals surface area contributed by atoms with E-state index in [4.69, 9.17) is 11.6 Å². The molecule has 4 nitrogen and oxygen atoms in total. The molecule has 0 radical (unpaired) electrons. The number of anilines is 1. The van der Waals surface area contributed by atoms with Crippen LogP contribution in [0.4, 0.5) is 15.8 Å². The zero-order chi connectivity index (χ0) is 15.1. The van der Waals surface area contributed by atoms with Gasteiger partial charge in [0.25, 0.3) is 5.69 Å². The Morgan fingerprint density at radius 3 is 2.76 bits per heavy atom.